The van der Waals surface area contributed by atoms with Crippen molar-refractivity contribution in [3.8, 4) is 0 Å². The number of hydrogen-bond acceptors (Lipinski definition) is 6. The number of benzene rings is 6. The standard InChI is InChI=1S/C62H78F4O6S4/c1-55(2,3)43-19-31-49(32-20-43)73(50-33-21-44(22-34-50)56(4,5)6,51-35-23-45(24-36-51)57(7,8)9)71-75(67,68)61(63,64)62(65,66)76(69,70)72-74(52-37-25-46(26-38-52)58(10,11)12,53-39-27-47(28-40-53)59(13,14)15)54-41-29-48(30-42-54)60(16,17)18/h19-42H,1-18H3. The summed E-state index contributed by atoms with van der Waals surface area (Å²) < 4.78 is 142. The van der Waals surface area contributed by atoms with E-state index in [9.17, 15) is 16.8 Å². The molecule has 0 heterocycles. The second kappa shape index (κ2) is 20.3. The third-order valence-electron chi connectivity index (χ3n) is 13.7. The van der Waals surface area contributed by atoms with E-state index in [-0.39, 0.29) is 29.4 Å². The van der Waals surface area contributed by atoms with Crippen molar-refractivity contribution >= 4 is 40.9 Å². The van der Waals surface area contributed by atoms with Gasteiger partial charge in [0.25, 0.3) is 0 Å². The normalized spacial score (nSPS) is 14.7. The average molecular weight is 1120 g/mol. The molecule has 0 N–H and O–H groups in total. The highest BCUT2D eigenvalue weighted by Crippen LogP contribution is 2.73. The van der Waals surface area contributed by atoms with Gasteiger partial charge in [-0.2, -0.15) is 34.4 Å². The van der Waals surface area contributed by atoms with Crippen molar-refractivity contribution < 1.29 is 41.7 Å². The molecule has 0 bridgehead atoms. The molecule has 0 aliphatic heterocycles. The molecule has 0 saturated heterocycles. The van der Waals surface area contributed by atoms with Crippen LogP contribution in [0.25, 0.3) is 0 Å². The maximum Gasteiger partial charge on any atom is 0.450 e. The molecule has 414 valence electrons. The van der Waals surface area contributed by atoms with Gasteiger partial charge in [0.15, 0.2) is 0 Å². The second-order valence-corrected chi connectivity index (χ2v) is 34.8. The summed E-state index contributed by atoms with van der Waals surface area (Å²) in [5.41, 5.74) is 2.35. The molecule has 0 amide bonds. The number of hydrogen-bond donors (Lipinski definition) is 0. The first kappa shape index (κ1) is 60.8. The van der Waals surface area contributed by atoms with E-state index < -0.39 is 83.9 Å². The molecule has 0 atom stereocenters. The molecule has 0 aliphatic carbocycles. The molecular formula is C62H78F4O6S4. The number of alkyl halides is 4. The summed E-state index contributed by atoms with van der Waals surface area (Å²) in [4.78, 5) is 0.466. The van der Waals surface area contributed by atoms with Gasteiger partial charge >= 0.3 is 30.7 Å². The van der Waals surface area contributed by atoms with E-state index in [4.69, 9.17) is 7.26 Å². The Bertz CT molecular complexity index is 2720. The van der Waals surface area contributed by atoms with Crippen LogP contribution < -0.4 is 0 Å². The minimum Gasteiger partial charge on any atom is -0.202 e. The molecule has 0 radical (unpaired) electrons. The molecule has 0 aromatic heterocycles. The summed E-state index contributed by atoms with van der Waals surface area (Å²) in [6, 6.07) is 39.2. The highest BCUT2D eigenvalue weighted by molar-refractivity contribution is 8.34. The minimum atomic E-state index is -7.03. The molecular weight excluding hydrogens is 1040 g/mol. The zero-order chi connectivity index (χ0) is 57.3. The van der Waals surface area contributed by atoms with E-state index in [1.165, 1.54) is 0 Å². The van der Waals surface area contributed by atoms with Crippen molar-refractivity contribution in [2.75, 3.05) is 0 Å². The van der Waals surface area contributed by atoms with Crippen molar-refractivity contribution in [2.45, 2.75) is 197 Å². The first-order valence-electron chi connectivity index (χ1n) is 25.4. The summed E-state index contributed by atoms with van der Waals surface area (Å²) >= 11 is 0. The maximum absolute atomic E-state index is 17.6. The highest BCUT2D eigenvalue weighted by atomic mass is 32.3. The van der Waals surface area contributed by atoms with Crippen LogP contribution in [0.4, 0.5) is 17.6 Å². The third kappa shape index (κ3) is 11.8. The summed E-state index contributed by atoms with van der Waals surface area (Å²) in [5, 5.41) is -13.0. The summed E-state index contributed by atoms with van der Waals surface area (Å²) in [6.45, 7) is 35.3. The second-order valence-electron chi connectivity index (χ2n) is 25.8. The molecule has 0 unspecified atom stereocenters. The predicted molar refractivity (Wildman–Crippen MR) is 306 cm³/mol. The van der Waals surface area contributed by atoms with Gasteiger partial charge in [-0.15, -0.1) is 0 Å². The van der Waals surface area contributed by atoms with Crippen LogP contribution in [0.5, 0.6) is 0 Å². The van der Waals surface area contributed by atoms with Crippen LogP contribution in [0, 0.1) is 0 Å². The Hall–Kier alpha value is -4.44. The van der Waals surface area contributed by atoms with Gasteiger partial charge in [0.2, 0.25) is 0 Å². The topological polar surface area (TPSA) is 86.7 Å². The Kier molecular flexibility index (Phi) is 16.3. The lowest BCUT2D eigenvalue weighted by Gasteiger charge is -2.42. The van der Waals surface area contributed by atoms with Crippen molar-refractivity contribution in [1.82, 2.24) is 0 Å². The molecule has 6 rings (SSSR count). The minimum absolute atomic E-state index is 0.0777. The summed E-state index contributed by atoms with van der Waals surface area (Å²) in [7, 11) is -22.1. The largest absolute Gasteiger partial charge is 0.450 e. The van der Waals surface area contributed by atoms with Crippen LogP contribution >= 0.6 is 20.6 Å². The van der Waals surface area contributed by atoms with Gasteiger partial charge in [0.1, 0.15) is 0 Å². The Morgan fingerprint density at radius 3 is 0.474 bits per heavy atom. The summed E-state index contributed by atoms with van der Waals surface area (Å²) in [6.07, 6.45) is 0. The van der Waals surface area contributed by atoms with Gasteiger partial charge < -0.3 is 0 Å². The molecule has 6 nitrogen and oxygen atoms in total. The average Bonchev–Trinajstić information content (AvgIpc) is 3.31. The molecule has 76 heavy (non-hydrogen) atoms. The fourth-order valence-electron chi connectivity index (χ4n) is 8.58. The van der Waals surface area contributed by atoms with Crippen LogP contribution in [0.2, 0.25) is 0 Å². The van der Waals surface area contributed by atoms with Gasteiger partial charge in [0.05, 0.1) is 0 Å². The highest BCUT2D eigenvalue weighted by Gasteiger charge is 2.76. The predicted octanol–water partition coefficient (Wildman–Crippen LogP) is 18.4. The quantitative estimate of drug-likeness (QED) is 0.107. The van der Waals surface area contributed by atoms with Crippen LogP contribution in [0.3, 0.4) is 0 Å². The first-order valence-corrected chi connectivity index (χ1v) is 31.3. The van der Waals surface area contributed by atoms with E-state index in [2.05, 4.69) is 0 Å². The van der Waals surface area contributed by atoms with Crippen molar-refractivity contribution in [3.05, 3.63) is 179 Å². The van der Waals surface area contributed by atoms with Crippen LogP contribution in [-0.4, -0.2) is 27.3 Å². The third-order valence-corrected chi connectivity index (χ3v) is 24.2. The van der Waals surface area contributed by atoms with Gasteiger partial charge in [-0.1, -0.05) is 197 Å². The lowest BCUT2D eigenvalue weighted by Crippen LogP contribution is -2.53. The molecule has 0 fully saturated rings. The van der Waals surface area contributed by atoms with E-state index in [0.29, 0.717) is 0 Å². The smallest absolute Gasteiger partial charge is 0.202 e. The number of rotatable bonds is 13. The Labute approximate surface area is 455 Å². The van der Waals surface area contributed by atoms with Crippen molar-refractivity contribution in [2.24, 2.45) is 0 Å². The van der Waals surface area contributed by atoms with Crippen LogP contribution in [-0.2, 0) is 60.0 Å². The zero-order valence-electron chi connectivity index (χ0n) is 47.5. The Morgan fingerprint density at radius 2 is 0.368 bits per heavy atom. The van der Waals surface area contributed by atoms with E-state index in [1.54, 1.807) is 146 Å². The molecule has 0 aliphatic rings. The molecule has 6 aromatic rings. The van der Waals surface area contributed by atoms with Gasteiger partial charge in [-0.25, -0.2) is 7.26 Å². The lowest BCUT2D eigenvalue weighted by molar-refractivity contribution is -0.104. The molecule has 14 heteroatoms. The lowest BCUT2D eigenvalue weighted by atomic mass is 9.87. The Morgan fingerprint density at radius 1 is 0.250 bits per heavy atom. The number of halogens is 4. The van der Waals surface area contributed by atoms with Crippen LogP contribution in [0.15, 0.2) is 175 Å². The van der Waals surface area contributed by atoms with Crippen LogP contribution in [0.1, 0.15) is 158 Å². The van der Waals surface area contributed by atoms with E-state index in [1.807, 2.05) is 125 Å². The van der Waals surface area contributed by atoms with Crippen molar-refractivity contribution in [1.29, 1.82) is 0 Å². The zero-order valence-corrected chi connectivity index (χ0v) is 50.7. The fourth-order valence-corrected chi connectivity index (χ4v) is 19.2. The SMILES string of the molecule is CC(C)(C)c1ccc(S(OS(=O)(=O)C(F)(F)C(F)(F)S(=O)(=O)OS(c2ccc(C(C)(C)C)cc2)(c2ccc(C(C)(C)C)cc2)c2ccc(C(C)(C)C)cc2)(c2ccc(C(C)(C)C)cc2)c2ccc(C(C)(C)C)cc2)cc1. The fraction of sp³-hybridized carbons (Fsp3) is 0.419. The van der Waals surface area contributed by atoms with Gasteiger partial charge in [-0.3, -0.25) is 0 Å². The van der Waals surface area contributed by atoms with E-state index in [0.717, 1.165) is 33.4 Å². The monoisotopic (exact) mass is 1120 g/mol. The Balaban J connectivity index is 1.64. The first-order chi connectivity index (χ1) is 34.4. The maximum atomic E-state index is 17.6. The van der Waals surface area contributed by atoms with Gasteiger partial charge in [-0.05, 0) is 159 Å². The van der Waals surface area contributed by atoms with Crippen molar-refractivity contribution in [3.63, 3.8) is 0 Å². The summed E-state index contributed by atoms with van der Waals surface area (Å²) in [5.74, 6) is 0. The molecule has 0 saturated carbocycles. The van der Waals surface area contributed by atoms with Gasteiger partial charge in [0, 0.05) is 29.4 Å². The molecule has 0 spiro atoms. The van der Waals surface area contributed by atoms with E-state index >= 15 is 17.6 Å². The molecule has 6 aromatic carbocycles.